The lowest BCUT2D eigenvalue weighted by atomic mass is 10.1. The van der Waals surface area contributed by atoms with Crippen molar-refractivity contribution in [3.8, 4) is 0 Å². The third kappa shape index (κ3) is 4.93. The van der Waals surface area contributed by atoms with Gasteiger partial charge in [0, 0.05) is 31.1 Å². The summed E-state index contributed by atoms with van der Waals surface area (Å²) >= 11 is 4.14. The standard InChI is InChI=1S/C15H20INO2S/c1-12-2-4-13(5-3-12)14(16)15(18)19-9-6-17-7-10-20-11-8-17/h2-5,14H,6-11H2,1H3. The fourth-order valence-electron chi connectivity index (χ4n) is 2.04. The van der Waals surface area contributed by atoms with Gasteiger partial charge in [-0.05, 0) is 12.5 Å². The second-order valence-corrected chi connectivity index (χ2v) is 7.37. The average molecular weight is 405 g/mol. The minimum Gasteiger partial charge on any atom is -0.463 e. The quantitative estimate of drug-likeness (QED) is 0.428. The highest BCUT2D eigenvalue weighted by Gasteiger charge is 2.19. The molecule has 20 heavy (non-hydrogen) atoms. The predicted molar refractivity (Wildman–Crippen MR) is 92.7 cm³/mol. The van der Waals surface area contributed by atoms with E-state index in [1.54, 1.807) is 0 Å². The largest absolute Gasteiger partial charge is 0.463 e. The molecule has 5 heteroatoms. The van der Waals surface area contributed by atoms with E-state index < -0.39 is 0 Å². The van der Waals surface area contributed by atoms with E-state index in [-0.39, 0.29) is 9.89 Å². The molecule has 1 aromatic carbocycles. The Morgan fingerprint density at radius 1 is 1.35 bits per heavy atom. The van der Waals surface area contributed by atoms with Crippen LogP contribution in [-0.4, -0.2) is 48.6 Å². The molecule has 0 aliphatic carbocycles. The number of ether oxygens (including phenoxy) is 1. The van der Waals surface area contributed by atoms with Crippen molar-refractivity contribution in [2.45, 2.75) is 10.8 Å². The molecule has 0 amide bonds. The van der Waals surface area contributed by atoms with Crippen LogP contribution in [0.25, 0.3) is 0 Å². The maximum atomic E-state index is 12.0. The number of rotatable bonds is 5. The van der Waals surface area contributed by atoms with Gasteiger partial charge in [0.2, 0.25) is 0 Å². The van der Waals surface area contributed by atoms with Crippen molar-refractivity contribution in [2.24, 2.45) is 0 Å². The molecule has 1 aliphatic rings. The van der Waals surface area contributed by atoms with Gasteiger partial charge in [0.25, 0.3) is 0 Å². The summed E-state index contributed by atoms with van der Waals surface area (Å²) in [4.78, 5) is 14.4. The fraction of sp³-hybridized carbons (Fsp3) is 0.533. The van der Waals surface area contributed by atoms with E-state index >= 15 is 0 Å². The highest BCUT2D eigenvalue weighted by molar-refractivity contribution is 14.1. The lowest BCUT2D eigenvalue weighted by Crippen LogP contribution is -2.35. The Morgan fingerprint density at radius 2 is 2.00 bits per heavy atom. The first-order valence-electron chi connectivity index (χ1n) is 6.84. The number of hydrogen-bond acceptors (Lipinski definition) is 4. The molecule has 0 aromatic heterocycles. The number of hydrogen-bond donors (Lipinski definition) is 0. The van der Waals surface area contributed by atoms with Crippen LogP contribution in [0.2, 0.25) is 0 Å². The van der Waals surface area contributed by atoms with Crippen LogP contribution in [0.3, 0.4) is 0 Å². The summed E-state index contributed by atoms with van der Waals surface area (Å²) in [6.45, 7) is 5.60. The van der Waals surface area contributed by atoms with Crippen LogP contribution in [0.4, 0.5) is 0 Å². The SMILES string of the molecule is Cc1ccc(C(I)C(=O)OCCN2CCSCC2)cc1. The molecule has 1 heterocycles. The predicted octanol–water partition coefficient (Wildman–Crippen LogP) is 3.06. The zero-order chi connectivity index (χ0) is 14.4. The van der Waals surface area contributed by atoms with Crippen LogP contribution in [0.5, 0.6) is 0 Å². The van der Waals surface area contributed by atoms with Gasteiger partial charge in [-0.15, -0.1) is 0 Å². The normalized spacial score (nSPS) is 17.7. The van der Waals surface area contributed by atoms with Gasteiger partial charge in [-0.25, -0.2) is 0 Å². The molecule has 1 saturated heterocycles. The number of halogens is 1. The third-order valence-corrected chi connectivity index (χ3v) is 5.50. The molecule has 0 saturated carbocycles. The minimum absolute atomic E-state index is 0.138. The Hall–Kier alpha value is -0.270. The molecule has 1 aromatic rings. The number of nitrogens with zero attached hydrogens (tertiary/aromatic N) is 1. The van der Waals surface area contributed by atoms with E-state index in [1.807, 2.05) is 43.0 Å². The van der Waals surface area contributed by atoms with Crippen molar-refractivity contribution in [1.82, 2.24) is 4.90 Å². The number of alkyl halides is 1. The first kappa shape index (κ1) is 16.1. The number of esters is 1. The van der Waals surface area contributed by atoms with Gasteiger partial charge in [0.15, 0.2) is 0 Å². The highest BCUT2D eigenvalue weighted by Crippen LogP contribution is 2.25. The van der Waals surface area contributed by atoms with Gasteiger partial charge in [-0.2, -0.15) is 11.8 Å². The van der Waals surface area contributed by atoms with E-state index in [2.05, 4.69) is 27.5 Å². The molecular formula is C15H20INO2S. The molecule has 0 radical (unpaired) electrons. The van der Waals surface area contributed by atoms with Crippen LogP contribution < -0.4 is 0 Å². The maximum absolute atomic E-state index is 12.0. The topological polar surface area (TPSA) is 29.5 Å². The van der Waals surface area contributed by atoms with Crippen LogP contribution in [0.1, 0.15) is 15.1 Å². The first-order valence-corrected chi connectivity index (χ1v) is 9.24. The van der Waals surface area contributed by atoms with Crippen LogP contribution in [-0.2, 0) is 9.53 Å². The molecule has 0 bridgehead atoms. The summed E-state index contributed by atoms with van der Waals surface area (Å²) in [5.41, 5.74) is 2.21. The number of carbonyl (C=O) groups is 1. The van der Waals surface area contributed by atoms with Crippen LogP contribution in [0, 0.1) is 6.92 Å². The summed E-state index contributed by atoms with van der Waals surface area (Å²) in [5, 5.41) is 0. The zero-order valence-corrected chi connectivity index (χ0v) is 14.7. The van der Waals surface area contributed by atoms with Gasteiger partial charge in [-0.1, -0.05) is 52.4 Å². The molecule has 110 valence electrons. The Bertz CT molecular complexity index is 432. The third-order valence-electron chi connectivity index (χ3n) is 3.33. The van der Waals surface area contributed by atoms with Gasteiger partial charge < -0.3 is 4.74 Å². The van der Waals surface area contributed by atoms with E-state index in [0.717, 1.165) is 25.2 Å². The van der Waals surface area contributed by atoms with E-state index in [9.17, 15) is 4.79 Å². The second kappa shape index (κ2) is 8.24. The van der Waals surface area contributed by atoms with Gasteiger partial charge in [0.1, 0.15) is 10.5 Å². The van der Waals surface area contributed by atoms with Crippen molar-refractivity contribution in [2.75, 3.05) is 37.7 Å². The minimum atomic E-state index is -0.217. The molecule has 2 rings (SSSR count). The molecule has 1 unspecified atom stereocenters. The average Bonchev–Trinajstić information content (AvgIpc) is 2.48. The number of benzene rings is 1. The smallest absolute Gasteiger partial charge is 0.323 e. The Kier molecular flexibility index (Phi) is 6.64. The number of thioether (sulfide) groups is 1. The van der Waals surface area contributed by atoms with E-state index in [0.29, 0.717) is 6.61 Å². The Labute approximate surface area is 138 Å². The summed E-state index contributed by atoms with van der Waals surface area (Å²) in [7, 11) is 0. The summed E-state index contributed by atoms with van der Waals surface area (Å²) in [6, 6.07) is 8.05. The number of aryl methyl sites for hydroxylation is 1. The molecule has 1 fully saturated rings. The Morgan fingerprint density at radius 3 is 2.65 bits per heavy atom. The van der Waals surface area contributed by atoms with Crippen molar-refractivity contribution in [3.05, 3.63) is 35.4 Å². The monoisotopic (exact) mass is 405 g/mol. The molecule has 0 N–H and O–H groups in total. The summed E-state index contributed by atoms with van der Waals surface area (Å²) in [5.74, 6) is 2.24. The van der Waals surface area contributed by atoms with Gasteiger partial charge in [0.05, 0.1) is 0 Å². The zero-order valence-electron chi connectivity index (χ0n) is 11.7. The summed E-state index contributed by atoms with van der Waals surface area (Å²) in [6.07, 6.45) is 0. The van der Waals surface area contributed by atoms with Crippen LogP contribution in [0.15, 0.2) is 24.3 Å². The highest BCUT2D eigenvalue weighted by atomic mass is 127. The van der Waals surface area contributed by atoms with Crippen molar-refractivity contribution < 1.29 is 9.53 Å². The van der Waals surface area contributed by atoms with E-state index in [4.69, 9.17) is 4.74 Å². The van der Waals surface area contributed by atoms with Gasteiger partial charge >= 0.3 is 5.97 Å². The first-order chi connectivity index (χ1) is 9.66. The molecule has 0 spiro atoms. The van der Waals surface area contributed by atoms with Crippen molar-refractivity contribution in [3.63, 3.8) is 0 Å². The van der Waals surface area contributed by atoms with E-state index in [1.165, 1.54) is 17.1 Å². The van der Waals surface area contributed by atoms with Gasteiger partial charge in [-0.3, -0.25) is 9.69 Å². The van der Waals surface area contributed by atoms with Crippen LogP contribution >= 0.6 is 34.4 Å². The van der Waals surface area contributed by atoms with Crippen molar-refractivity contribution >= 4 is 40.3 Å². The second-order valence-electron chi connectivity index (χ2n) is 4.89. The van der Waals surface area contributed by atoms with Crippen molar-refractivity contribution in [1.29, 1.82) is 0 Å². The lowest BCUT2D eigenvalue weighted by molar-refractivity contribution is -0.143. The summed E-state index contributed by atoms with van der Waals surface area (Å²) < 4.78 is 5.18. The lowest BCUT2D eigenvalue weighted by Gasteiger charge is -2.25. The molecule has 3 nitrogen and oxygen atoms in total. The Balaban J connectivity index is 1.74. The molecular weight excluding hydrogens is 385 g/mol. The molecule has 1 atom stereocenters. The number of carbonyl (C=O) groups excluding carboxylic acids is 1. The molecule has 1 aliphatic heterocycles. The fourth-order valence-corrected chi connectivity index (χ4v) is 3.62. The maximum Gasteiger partial charge on any atom is 0.323 e.